The number of fused-ring (bicyclic) bond motifs is 1. The van der Waals surface area contributed by atoms with E-state index < -0.39 is 18.1 Å². The summed E-state index contributed by atoms with van der Waals surface area (Å²) in [7, 11) is 3.52. The Morgan fingerprint density at radius 2 is 2.08 bits per heavy atom. The molecule has 1 saturated carbocycles. The van der Waals surface area contributed by atoms with Gasteiger partial charge in [-0.05, 0) is 36.3 Å². The number of aromatic nitrogens is 3. The topological polar surface area (TPSA) is 104 Å². The van der Waals surface area contributed by atoms with Crippen molar-refractivity contribution >= 4 is 29.0 Å². The lowest BCUT2D eigenvalue weighted by Crippen LogP contribution is -2.30. The van der Waals surface area contributed by atoms with Gasteiger partial charge in [0.25, 0.3) is 5.91 Å². The fourth-order valence-electron chi connectivity index (χ4n) is 4.05. The van der Waals surface area contributed by atoms with Crippen LogP contribution in [0, 0.1) is 0 Å². The van der Waals surface area contributed by atoms with Gasteiger partial charge in [-0.2, -0.15) is 0 Å². The second kappa shape index (κ2) is 9.79. The summed E-state index contributed by atoms with van der Waals surface area (Å²) in [6.45, 7) is 2.34. The van der Waals surface area contributed by atoms with E-state index in [1.807, 2.05) is 42.2 Å². The van der Waals surface area contributed by atoms with Crippen molar-refractivity contribution in [3.8, 4) is 5.75 Å². The molecule has 3 aromatic rings. The van der Waals surface area contributed by atoms with E-state index in [0.717, 1.165) is 16.9 Å². The molecule has 2 atom stereocenters. The molecule has 0 spiro atoms. The molecule has 37 heavy (non-hydrogen) atoms. The Balaban J connectivity index is 1.51. The lowest BCUT2D eigenvalue weighted by atomic mass is 10.2. The number of nitrogens with zero attached hydrogens (tertiary/aromatic N) is 5. The number of hydrogen-bond acceptors (Lipinski definition) is 8. The highest BCUT2D eigenvalue weighted by Crippen LogP contribution is 2.28. The fraction of sp³-hybridized carbons (Fsp3) is 0.269. The highest BCUT2D eigenvalue weighted by Gasteiger charge is 2.39. The molecule has 0 unspecified atom stereocenters. The van der Waals surface area contributed by atoms with Crippen LogP contribution in [-0.4, -0.2) is 57.8 Å². The maximum Gasteiger partial charge on any atom is 0.271 e. The standard InChI is InChI=1S/C26H26FN7O3/c1-16-5-4-10-33(23(16)15-35)30-24-12-21(32(2)14-17-6-8-18(37-3)9-7-17)25-28-13-22(34(25)31-24)26(36)29-20-11-19(20)27/h4-10,12-13,19-20H,11,14H2,1-3H3,(H,29,36)(H,30,31)/t19-,20+/m0/s1. The lowest BCUT2D eigenvalue weighted by molar-refractivity contribution is 0.0940. The smallest absolute Gasteiger partial charge is 0.271 e. The van der Waals surface area contributed by atoms with E-state index in [2.05, 4.69) is 20.8 Å². The number of benzene rings is 1. The summed E-state index contributed by atoms with van der Waals surface area (Å²) in [5.41, 5.74) is 6.50. The molecule has 5 rings (SSSR count). The van der Waals surface area contributed by atoms with Crippen molar-refractivity contribution in [3.63, 3.8) is 0 Å². The van der Waals surface area contributed by atoms with Crippen molar-refractivity contribution in [2.45, 2.75) is 32.1 Å². The summed E-state index contributed by atoms with van der Waals surface area (Å²) in [5.74, 6) is 2.60. The number of hydrazine groups is 1. The van der Waals surface area contributed by atoms with Gasteiger partial charge in [0.05, 0.1) is 25.0 Å². The molecular formula is C26H26FN7O3. The van der Waals surface area contributed by atoms with Gasteiger partial charge in [0.2, 0.25) is 0 Å². The molecule has 1 aliphatic carbocycles. The van der Waals surface area contributed by atoms with Gasteiger partial charge in [-0.1, -0.05) is 18.2 Å². The molecule has 1 fully saturated rings. The van der Waals surface area contributed by atoms with E-state index in [0.29, 0.717) is 35.8 Å². The van der Waals surface area contributed by atoms with Crippen molar-refractivity contribution in [2.75, 3.05) is 24.5 Å². The number of alkyl halides is 1. The number of carbonyl (C=O) groups excluding carboxylic acids is 2. The fourth-order valence-corrected chi connectivity index (χ4v) is 4.05. The van der Waals surface area contributed by atoms with Gasteiger partial charge in [-0.15, -0.1) is 5.10 Å². The van der Waals surface area contributed by atoms with E-state index in [-0.39, 0.29) is 5.69 Å². The molecule has 1 amide bonds. The van der Waals surface area contributed by atoms with Gasteiger partial charge in [-0.3, -0.25) is 15.2 Å². The first-order chi connectivity index (χ1) is 17.9. The Bertz CT molecular complexity index is 1460. The van der Waals surface area contributed by atoms with Crippen LogP contribution >= 0.6 is 0 Å². The molecule has 2 N–H and O–H groups in total. The van der Waals surface area contributed by atoms with E-state index in [1.165, 1.54) is 15.7 Å². The monoisotopic (exact) mass is 503 g/mol. The minimum atomic E-state index is -1.03. The van der Waals surface area contributed by atoms with Gasteiger partial charge in [0, 0.05) is 32.3 Å². The third-order valence-corrected chi connectivity index (χ3v) is 6.23. The third kappa shape index (κ3) is 4.89. The Hall–Kier alpha value is -4.63. The molecule has 11 heteroatoms. The molecule has 0 saturated heterocycles. The number of imidazole rings is 1. The van der Waals surface area contributed by atoms with Gasteiger partial charge in [0.1, 0.15) is 17.6 Å². The molecule has 190 valence electrons. The summed E-state index contributed by atoms with van der Waals surface area (Å²) in [4.78, 5) is 30.9. The van der Waals surface area contributed by atoms with E-state index in [4.69, 9.17) is 4.74 Å². The van der Waals surface area contributed by atoms with Crippen LogP contribution in [0.4, 0.5) is 15.9 Å². The van der Waals surface area contributed by atoms with Crippen molar-refractivity contribution in [1.29, 1.82) is 0 Å². The van der Waals surface area contributed by atoms with Crippen LogP contribution in [0.1, 0.15) is 29.4 Å². The summed E-state index contributed by atoms with van der Waals surface area (Å²) in [6.07, 6.45) is 5.96. The van der Waals surface area contributed by atoms with Gasteiger partial charge >= 0.3 is 0 Å². The zero-order valence-corrected chi connectivity index (χ0v) is 20.6. The number of nitrogens with one attached hydrogen (secondary N) is 2. The van der Waals surface area contributed by atoms with Crippen LogP contribution < -0.4 is 20.4 Å². The SMILES string of the molecule is COc1ccc(CN(C)c2cc(NN3C=CC=C(C)C3=C=O)nn3c(C(=O)N[C@@H]4C[C@@H]4F)cnc23)cc1. The van der Waals surface area contributed by atoms with Crippen LogP contribution in [0.2, 0.25) is 0 Å². The lowest BCUT2D eigenvalue weighted by Gasteiger charge is -2.26. The molecule has 3 heterocycles. The molecule has 1 aliphatic heterocycles. The second-order valence-electron chi connectivity index (χ2n) is 8.95. The third-order valence-electron chi connectivity index (χ3n) is 6.23. The van der Waals surface area contributed by atoms with E-state index in [9.17, 15) is 14.0 Å². The van der Waals surface area contributed by atoms with Crippen molar-refractivity contribution in [3.05, 3.63) is 77.4 Å². The molecule has 2 aromatic heterocycles. The number of methoxy groups -OCH3 is 1. The molecule has 0 bridgehead atoms. The number of rotatable bonds is 8. The van der Waals surface area contributed by atoms with Crippen LogP contribution in [-0.2, 0) is 11.3 Å². The molecular weight excluding hydrogens is 477 g/mol. The zero-order chi connectivity index (χ0) is 26.1. The average molecular weight is 504 g/mol. The first-order valence-electron chi connectivity index (χ1n) is 11.7. The predicted molar refractivity (Wildman–Crippen MR) is 136 cm³/mol. The number of anilines is 2. The number of hydrogen-bond donors (Lipinski definition) is 2. The van der Waals surface area contributed by atoms with Gasteiger partial charge in [0.15, 0.2) is 23.1 Å². The second-order valence-corrected chi connectivity index (χ2v) is 8.95. The normalized spacial score (nSPS) is 18.3. The quantitative estimate of drug-likeness (QED) is 0.452. The van der Waals surface area contributed by atoms with Crippen LogP contribution in [0.25, 0.3) is 5.65 Å². The highest BCUT2D eigenvalue weighted by molar-refractivity contribution is 5.94. The molecule has 1 aromatic carbocycles. The molecule has 10 nitrogen and oxygen atoms in total. The Labute approximate surface area is 212 Å². The van der Waals surface area contributed by atoms with E-state index in [1.54, 1.807) is 38.5 Å². The summed E-state index contributed by atoms with van der Waals surface area (Å²) in [6, 6.07) is 9.00. The Morgan fingerprint density at radius 3 is 2.76 bits per heavy atom. The summed E-state index contributed by atoms with van der Waals surface area (Å²) >= 11 is 0. The minimum Gasteiger partial charge on any atom is -0.497 e. The highest BCUT2D eigenvalue weighted by atomic mass is 19.1. The number of halogens is 1. The number of amides is 1. The van der Waals surface area contributed by atoms with Crippen LogP contribution in [0.3, 0.4) is 0 Å². The molecule has 0 radical (unpaired) electrons. The zero-order valence-electron chi connectivity index (χ0n) is 20.6. The first-order valence-corrected chi connectivity index (χ1v) is 11.7. The van der Waals surface area contributed by atoms with Crippen LogP contribution in [0.5, 0.6) is 5.75 Å². The summed E-state index contributed by atoms with van der Waals surface area (Å²) < 4.78 is 20.1. The summed E-state index contributed by atoms with van der Waals surface area (Å²) in [5, 5.41) is 8.76. The Kier molecular flexibility index (Phi) is 6.37. The van der Waals surface area contributed by atoms with Crippen molar-refractivity contribution in [1.82, 2.24) is 24.9 Å². The molecule has 2 aliphatic rings. The average Bonchev–Trinajstić information content (AvgIpc) is 3.41. The van der Waals surface area contributed by atoms with Crippen molar-refractivity contribution < 1.29 is 18.7 Å². The number of carbonyl (C=O) groups is 1. The number of ether oxygens (including phenoxy) is 1. The van der Waals surface area contributed by atoms with Gasteiger partial charge in [-0.25, -0.2) is 18.7 Å². The van der Waals surface area contributed by atoms with Crippen molar-refractivity contribution in [2.24, 2.45) is 0 Å². The first kappa shape index (κ1) is 24.1. The predicted octanol–water partition coefficient (Wildman–Crippen LogP) is 3.03. The maximum atomic E-state index is 13.4. The Morgan fingerprint density at radius 1 is 1.32 bits per heavy atom. The van der Waals surface area contributed by atoms with Gasteiger partial charge < -0.3 is 15.0 Å². The number of allylic oxidation sites excluding steroid dienone is 3. The van der Waals surface area contributed by atoms with E-state index >= 15 is 0 Å². The van der Waals surface area contributed by atoms with Crippen LogP contribution in [0.15, 0.2) is 66.2 Å². The maximum absolute atomic E-state index is 13.4. The largest absolute Gasteiger partial charge is 0.497 e. The minimum absolute atomic E-state index is 0.174.